The van der Waals surface area contributed by atoms with Crippen molar-refractivity contribution in [2.75, 3.05) is 5.32 Å². The van der Waals surface area contributed by atoms with Gasteiger partial charge in [-0.25, -0.2) is 4.79 Å². The molecule has 7 heteroatoms. The lowest BCUT2D eigenvalue weighted by atomic mass is 10.2. The second-order valence-corrected chi connectivity index (χ2v) is 5.32. The third-order valence-corrected chi connectivity index (χ3v) is 3.66. The van der Waals surface area contributed by atoms with E-state index in [4.69, 9.17) is 5.11 Å². The summed E-state index contributed by atoms with van der Waals surface area (Å²) in [7, 11) is 1.80. The number of carboxylic acid groups (broad SMARTS) is 1. The quantitative estimate of drug-likeness (QED) is 0.831. The Hall–Kier alpha value is -2.41. The molecule has 0 aliphatic heterocycles. The Labute approximate surface area is 125 Å². The van der Waals surface area contributed by atoms with E-state index in [-0.39, 0.29) is 5.91 Å². The minimum absolute atomic E-state index is 0.232. The van der Waals surface area contributed by atoms with Crippen molar-refractivity contribution in [3.63, 3.8) is 0 Å². The van der Waals surface area contributed by atoms with Gasteiger partial charge in [-0.15, -0.1) is 11.3 Å². The molecule has 0 saturated carbocycles. The third kappa shape index (κ3) is 3.79. The highest BCUT2D eigenvalue weighted by Gasteiger charge is 2.12. The maximum Gasteiger partial charge on any atom is 0.328 e. The number of nitrogens with one attached hydrogen (secondary N) is 1. The summed E-state index contributed by atoms with van der Waals surface area (Å²) in [6.45, 7) is 1.97. The number of aromatic nitrogens is 2. The molecule has 0 atom stereocenters. The molecule has 0 radical (unpaired) electrons. The van der Waals surface area contributed by atoms with Crippen LogP contribution >= 0.6 is 11.3 Å². The van der Waals surface area contributed by atoms with Crippen LogP contribution in [0.4, 0.5) is 5.69 Å². The van der Waals surface area contributed by atoms with Crippen molar-refractivity contribution in [1.29, 1.82) is 0 Å². The van der Waals surface area contributed by atoms with Crippen LogP contribution in [0, 0.1) is 0 Å². The van der Waals surface area contributed by atoms with E-state index in [1.807, 2.05) is 6.92 Å². The van der Waals surface area contributed by atoms with Crippen molar-refractivity contribution < 1.29 is 14.7 Å². The van der Waals surface area contributed by atoms with Crippen LogP contribution in [-0.2, 0) is 18.3 Å². The number of carbonyl (C=O) groups is 2. The van der Waals surface area contributed by atoms with Gasteiger partial charge in [0.05, 0.1) is 16.9 Å². The molecule has 0 aliphatic carbocycles. The Morgan fingerprint density at radius 1 is 1.52 bits per heavy atom. The van der Waals surface area contributed by atoms with Gasteiger partial charge in [0.15, 0.2) is 0 Å². The summed E-state index contributed by atoms with van der Waals surface area (Å²) in [6.07, 6.45) is 5.00. The van der Waals surface area contributed by atoms with Crippen molar-refractivity contribution in [2.45, 2.75) is 13.3 Å². The number of hydrogen-bond acceptors (Lipinski definition) is 4. The van der Waals surface area contributed by atoms with Gasteiger partial charge in [0.25, 0.3) is 5.91 Å². The molecule has 0 saturated heterocycles. The van der Waals surface area contributed by atoms with Crippen LogP contribution in [0.15, 0.2) is 23.7 Å². The van der Waals surface area contributed by atoms with Crippen LogP contribution in [0.3, 0.4) is 0 Å². The molecule has 0 fully saturated rings. The molecule has 0 bridgehead atoms. The molecule has 0 aromatic carbocycles. The van der Waals surface area contributed by atoms with E-state index in [0.717, 1.165) is 18.2 Å². The van der Waals surface area contributed by atoms with Crippen LogP contribution in [0.2, 0.25) is 0 Å². The van der Waals surface area contributed by atoms with Crippen molar-refractivity contribution in [1.82, 2.24) is 9.78 Å². The van der Waals surface area contributed by atoms with Gasteiger partial charge < -0.3 is 10.4 Å². The lowest BCUT2D eigenvalue weighted by molar-refractivity contribution is -0.131. The second kappa shape index (κ2) is 6.36. The smallest absolute Gasteiger partial charge is 0.328 e. The zero-order chi connectivity index (χ0) is 15.4. The lowest BCUT2D eigenvalue weighted by Gasteiger charge is -2.01. The van der Waals surface area contributed by atoms with Crippen molar-refractivity contribution in [3.8, 4) is 0 Å². The highest BCUT2D eigenvalue weighted by atomic mass is 32.1. The average Bonchev–Trinajstić information content (AvgIpc) is 3.03. The van der Waals surface area contributed by atoms with Crippen LogP contribution in [0.25, 0.3) is 6.08 Å². The van der Waals surface area contributed by atoms with Crippen molar-refractivity contribution >= 4 is 35.0 Å². The lowest BCUT2D eigenvalue weighted by Crippen LogP contribution is -2.11. The molecule has 0 unspecified atom stereocenters. The molecule has 2 rings (SSSR count). The van der Waals surface area contributed by atoms with Crippen molar-refractivity contribution in [3.05, 3.63) is 39.9 Å². The van der Waals surface area contributed by atoms with Gasteiger partial charge in [-0.2, -0.15) is 5.10 Å². The summed E-state index contributed by atoms with van der Waals surface area (Å²) in [4.78, 5) is 23.3. The van der Waals surface area contributed by atoms with Crippen LogP contribution in [-0.4, -0.2) is 26.8 Å². The van der Waals surface area contributed by atoms with E-state index >= 15 is 0 Å². The van der Waals surface area contributed by atoms with E-state index in [1.54, 1.807) is 29.4 Å². The molecule has 2 N–H and O–H groups in total. The molecular formula is C14H15N3O3S. The number of aliphatic carboxylic acids is 1. The monoisotopic (exact) mass is 305 g/mol. The van der Waals surface area contributed by atoms with E-state index < -0.39 is 5.97 Å². The first-order valence-electron chi connectivity index (χ1n) is 6.33. The zero-order valence-corrected chi connectivity index (χ0v) is 12.5. The summed E-state index contributed by atoms with van der Waals surface area (Å²) in [5.41, 5.74) is 2.02. The van der Waals surface area contributed by atoms with Gasteiger partial charge in [0, 0.05) is 29.6 Å². The molecule has 21 heavy (non-hydrogen) atoms. The third-order valence-electron chi connectivity index (χ3n) is 2.76. The molecule has 6 nitrogen and oxygen atoms in total. The Bertz CT molecular complexity index is 700. The predicted molar refractivity (Wildman–Crippen MR) is 81.5 cm³/mol. The van der Waals surface area contributed by atoms with E-state index in [2.05, 4.69) is 10.4 Å². The maximum atomic E-state index is 12.2. The molecule has 2 aromatic heterocycles. The fourth-order valence-electron chi connectivity index (χ4n) is 1.81. The molecule has 2 heterocycles. The van der Waals surface area contributed by atoms with Gasteiger partial charge in [0.2, 0.25) is 0 Å². The number of rotatable bonds is 5. The number of hydrogen-bond donors (Lipinski definition) is 2. The number of carbonyl (C=O) groups excluding carboxylic acids is 1. The molecule has 0 aliphatic rings. The van der Waals surface area contributed by atoms with E-state index in [0.29, 0.717) is 16.1 Å². The van der Waals surface area contributed by atoms with Crippen LogP contribution in [0.5, 0.6) is 0 Å². The number of aryl methyl sites for hydroxylation is 2. The number of amides is 1. The Balaban J connectivity index is 2.11. The first kappa shape index (κ1) is 15.0. The van der Waals surface area contributed by atoms with Gasteiger partial charge in [0.1, 0.15) is 0 Å². The van der Waals surface area contributed by atoms with Gasteiger partial charge in [-0.3, -0.25) is 9.48 Å². The predicted octanol–water partition coefficient (Wildman–Crippen LogP) is 2.39. The molecule has 2 aromatic rings. The Kier molecular flexibility index (Phi) is 4.54. The summed E-state index contributed by atoms with van der Waals surface area (Å²) in [5, 5.41) is 17.3. The summed E-state index contributed by atoms with van der Waals surface area (Å²) in [6, 6.07) is 1.65. The fraction of sp³-hybridized carbons (Fsp3) is 0.214. The molecular weight excluding hydrogens is 290 g/mol. The standard InChI is InChI=1S/C14H15N3O3S/c1-3-11-12(7-17(2)16-11)15-14(20)9-6-10(21-8-9)4-5-13(18)19/h4-8H,3H2,1-2H3,(H,15,20)(H,18,19)/b5-4+. The second-order valence-electron chi connectivity index (χ2n) is 4.38. The van der Waals surface area contributed by atoms with Gasteiger partial charge in [-0.1, -0.05) is 6.92 Å². The van der Waals surface area contributed by atoms with E-state index in [9.17, 15) is 9.59 Å². The highest BCUT2D eigenvalue weighted by Crippen LogP contribution is 2.19. The normalized spacial score (nSPS) is 11.0. The van der Waals surface area contributed by atoms with Gasteiger partial charge in [-0.05, 0) is 18.6 Å². The Morgan fingerprint density at radius 2 is 2.29 bits per heavy atom. The first-order valence-corrected chi connectivity index (χ1v) is 7.21. The minimum atomic E-state index is -1.02. The SMILES string of the molecule is CCc1nn(C)cc1NC(=O)c1csc(/C=C/C(=O)O)c1. The fourth-order valence-corrected chi connectivity index (χ4v) is 2.59. The van der Waals surface area contributed by atoms with Crippen LogP contribution < -0.4 is 5.32 Å². The Morgan fingerprint density at radius 3 is 2.95 bits per heavy atom. The summed E-state index contributed by atoms with van der Waals surface area (Å²) in [5.74, 6) is -1.25. The maximum absolute atomic E-state index is 12.2. The molecule has 110 valence electrons. The van der Waals surface area contributed by atoms with Gasteiger partial charge >= 0.3 is 5.97 Å². The first-order chi connectivity index (χ1) is 9.99. The zero-order valence-electron chi connectivity index (χ0n) is 11.7. The number of carboxylic acids is 1. The number of thiophene rings is 1. The molecule has 1 amide bonds. The molecule has 0 spiro atoms. The van der Waals surface area contributed by atoms with E-state index in [1.165, 1.54) is 17.4 Å². The average molecular weight is 305 g/mol. The topological polar surface area (TPSA) is 84.2 Å². The summed E-state index contributed by atoms with van der Waals surface area (Å²) >= 11 is 1.31. The minimum Gasteiger partial charge on any atom is -0.478 e. The largest absolute Gasteiger partial charge is 0.478 e. The number of anilines is 1. The highest BCUT2D eigenvalue weighted by molar-refractivity contribution is 7.11. The van der Waals surface area contributed by atoms with Crippen molar-refractivity contribution in [2.24, 2.45) is 7.05 Å². The summed E-state index contributed by atoms with van der Waals surface area (Å²) < 4.78 is 1.66. The van der Waals surface area contributed by atoms with Crippen LogP contribution in [0.1, 0.15) is 27.9 Å². The number of nitrogens with zero attached hydrogens (tertiary/aromatic N) is 2.